The van der Waals surface area contributed by atoms with Crippen LogP contribution in [-0.2, 0) is 17.6 Å². The van der Waals surface area contributed by atoms with E-state index >= 15 is 0 Å². The Balaban J connectivity index is 2.02. The molecule has 4 nitrogen and oxygen atoms in total. The van der Waals surface area contributed by atoms with Crippen LogP contribution in [0.1, 0.15) is 61.2 Å². The summed E-state index contributed by atoms with van der Waals surface area (Å²) in [6.45, 7) is 8.00. The van der Waals surface area contributed by atoms with Gasteiger partial charge in [0.2, 0.25) is 0 Å². The first-order valence-electron chi connectivity index (χ1n) is 9.78. The van der Waals surface area contributed by atoms with Crippen molar-refractivity contribution >= 4 is 11.6 Å². The molecule has 2 aromatic carbocycles. The third-order valence-electron chi connectivity index (χ3n) is 5.33. The van der Waals surface area contributed by atoms with Crippen molar-refractivity contribution in [3.8, 4) is 0 Å². The fourth-order valence-electron chi connectivity index (χ4n) is 3.38. The van der Waals surface area contributed by atoms with Gasteiger partial charge in [-0.1, -0.05) is 64.1 Å². The molecule has 0 fully saturated rings. The molecule has 2 aromatic rings. The molecule has 1 N–H and O–H groups in total. The quantitative estimate of drug-likeness (QED) is 0.749. The number of rotatable bonds is 3. The van der Waals surface area contributed by atoms with Crippen molar-refractivity contribution in [3.63, 3.8) is 0 Å². The van der Waals surface area contributed by atoms with Gasteiger partial charge < -0.3 is 5.11 Å². The molecule has 0 saturated heterocycles. The fraction of sp³-hybridized carbons (Fsp3) is 0.391. The number of aliphatic hydroxyl groups is 1. The predicted octanol–water partition coefficient (Wildman–Crippen LogP) is 5.16. The summed E-state index contributed by atoms with van der Waals surface area (Å²) in [5.41, 5.74) is -1.26. The molecule has 1 heterocycles. The first-order chi connectivity index (χ1) is 13.9. The molecule has 0 aliphatic carbocycles. The molecule has 0 unspecified atom stereocenters. The molecule has 1 atom stereocenters. The Labute approximate surface area is 174 Å². The average molecular weight is 418 g/mol. The van der Waals surface area contributed by atoms with Gasteiger partial charge in [0.15, 0.2) is 5.72 Å². The second-order valence-corrected chi connectivity index (χ2v) is 8.53. The van der Waals surface area contributed by atoms with Crippen LogP contribution >= 0.6 is 0 Å². The first kappa shape index (κ1) is 22.0. The normalized spacial score (nSPS) is 19.7. The van der Waals surface area contributed by atoms with Gasteiger partial charge in [-0.15, -0.1) is 0 Å². The molecule has 0 saturated carbocycles. The summed E-state index contributed by atoms with van der Waals surface area (Å²) in [7, 11) is 0. The van der Waals surface area contributed by atoms with E-state index in [1.165, 1.54) is 12.1 Å². The van der Waals surface area contributed by atoms with E-state index in [0.29, 0.717) is 5.01 Å². The van der Waals surface area contributed by atoms with Crippen molar-refractivity contribution in [2.24, 2.45) is 5.10 Å². The van der Waals surface area contributed by atoms with Crippen LogP contribution < -0.4 is 0 Å². The van der Waals surface area contributed by atoms with Gasteiger partial charge in [-0.2, -0.15) is 23.3 Å². The van der Waals surface area contributed by atoms with Crippen LogP contribution in [0.5, 0.6) is 0 Å². The lowest BCUT2D eigenvalue weighted by Gasteiger charge is -2.31. The van der Waals surface area contributed by atoms with E-state index in [1.54, 1.807) is 36.4 Å². The highest BCUT2D eigenvalue weighted by molar-refractivity contribution is 5.99. The number of alkyl halides is 3. The van der Waals surface area contributed by atoms with E-state index in [9.17, 15) is 23.1 Å². The maximum Gasteiger partial charge on any atom is 0.431 e. The molecule has 1 aliphatic heterocycles. The lowest BCUT2D eigenvalue weighted by atomic mass is 9.86. The van der Waals surface area contributed by atoms with Crippen LogP contribution in [0.15, 0.2) is 53.6 Å². The van der Waals surface area contributed by atoms with Gasteiger partial charge in [0.1, 0.15) is 5.71 Å². The van der Waals surface area contributed by atoms with Crippen molar-refractivity contribution in [1.29, 1.82) is 0 Å². The van der Waals surface area contributed by atoms with Crippen molar-refractivity contribution in [2.75, 3.05) is 0 Å². The zero-order chi connectivity index (χ0) is 22.3. The summed E-state index contributed by atoms with van der Waals surface area (Å²) in [4.78, 5) is 13.1. The number of amides is 1. The van der Waals surface area contributed by atoms with Crippen molar-refractivity contribution in [1.82, 2.24) is 5.01 Å². The predicted molar refractivity (Wildman–Crippen MR) is 109 cm³/mol. The third-order valence-corrected chi connectivity index (χ3v) is 5.33. The van der Waals surface area contributed by atoms with Crippen molar-refractivity contribution < 1.29 is 23.1 Å². The van der Waals surface area contributed by atoms with Gasteiger partial charge in [-0.3, -0.25) is 4.79 Å². The number of benzene rings is 2. The highest BCUT2D eigenvalue weighted by Crippen LogP contribution is 2.40. The summed E-state index contributed by atoms with van der Waals surface area (Å²) in [5, 5.41) is 15.3. The Morgan fingerprint density at radius 2 is 1.63 bits per heavy atom. The van der Waals surface area contributed by atoms with E-state index in [-0.39, 0.29) is 16.5 Å². The SMILES string of the molecule is CCc1ccc([C@]2(O)CC(C(F)(F)F)=NN2C(=O)c2ccc(C(C)(C)C)cc2)cc1. The number of hydrogen-bond donors (Lipinski definition) is 1. The largest absolute Gasteiger partial charge is 0.431 e. The molecule has 0 radical (unpaired) electrons. The summed E-state index contributed by atoms with van der Waals surface area (Å²) in [5.74, 6) is -0.795. The zero-order valence-electron chi connectivity index (χ0n) is 17.4. The minimum atomic E-state index is -4.75. The van der Waals surface area contributed by atoms with Crippen LogP contribution in [0, 0.1) is 0 Å². The van der Waals surface area contributed by atoms with Crippen molar-refractivity contribution in [3.05, 3.63) is 70.8 Å². The molecular formula is C23H25F3N2O2. The highest BCUT2D eigenvalue weighted by atomic mass is 19.4. The molecule has 0 bridgehead atoms. The molecule has 0 spiro atoms. The smallest absolute Gasteiger partial charge is 0.365 e. The van der Waals surface area contributed by atoms with Gasteiger partial charge in [-0.25, -0.2) is 0 Å². The second kappa shape index (κ2) is 7.54. The maximum absolute atomic E-state index is 13.4. The average Bonchev–Trinajstić information content (AvgIpc) is 3.06. The van der Waals surface area contributed by atoms with Crippen molar-refractivity contribution in [2.45, 2.75) is 57.9 Å². The first-order valence-corrected chi connectivity index (χ1v) is 9.78. The lowest BCUT2D eigenvalue weighted by molar-refractivity contribution is -0.0816. The standard InChI is InChI=1S/C23H25F3N2O2/c1-5-15-6-10-18(11-7-15)22(30)14-19(23(24,25)26)27-28(22)20(29)16-8-12-17(13-9-16)21(2,3)4/h6-13,30H,5,14H2,1-4H3/t22-/m1/s1. The minimum Gasteiger partial charge on any atom is -0.365 e. The van der Waals surface area contributed by atoms with Gasteiger partial charge in [-0.05, 0) is 35.1 Å². The number of nitrogens with zero attached hydrogens (tertiary/aromatic N) is 2. The van der Waals surface area contributed by atoms with E-state index in [1.807, 2.05) is 27.7 Å². The third kappa shape index (κ3) is 4.12. The van der Waals surface area contributed by atoms with Gasteiger partial charge in [0.25, 0.3) is 5.91 Å². The van der Waals surface area contributed by atoms with E-state index in [2.05, 4.69) is 5.10 Å². The molecule has 1 amide bonds. The molecular weight excluding hydrogens is 393 g/mol. The minimum absolute atomic E-state index is 0.140. The number of hydrogen-bond acceptors (Lipinski definition) is 3. The summed E-state index contributed by atoms with van der Waals surface area (Å²) in [6, 6.07) is 13.1. The Morgan fingerprint density at radius 3 is 2.10 bits per heavy atom. The number of carbonyl (C=O) groups excluding carboxylic acids is 1. The maximum atomic E-state index is 13.4. The Kier molecular flexibility index (Phi) is 5.54. The van der Waals surface area contributed by atoms with Crippen LogP contribution in [0.2, 0.25) is 0 Å². The molecule has 160 valence electrons. The Morgan fingerprint density at radius 1 is 1.07 bits per heavy atom. The summed E-state index contributed by atoms with van der Waals surface area (Å²) < 4.78 is 40.1. The monoisotopic (exact) mass is 418 g/mol. The molecule has 3 rings (SSSR count). The number of aryl methyl sites for hydroxylation is 1. The van der Waals surface area contributed by atoms with Crippen LogP contribution in [0.4, 0.5) is 13.2 Å². The van der Waals surface area contributed by atoms with E-state index < -0.39 is 29.9 Å². The Hall–Kier alpha value is -2.67. The molecule has 7 heteroatoms. The number of carbonyl (C=O) groups is 1. The lowest BCUT2D eigenvalue weighted by Crippen LogP contribution is -2.43. The van der Waals surface area contributed by atoms with Gasteiger partial charge >= 0.3 is 6.18 Å². The topological polar surface area (TPSA) is 52.9 Å². The van der Waals surface area contributed by atoms with Crippen LogP contribution in [0.25, 0.3) is 0 Å². The summed E-state index contributed by atoms with van der Waals surface area (Å²) >= 11 is 0. The Bertz CT molecular complexity index is 958. The molecule has 30 heavy (non-hydrogen) atoms. The number of halogens is 3. The summed E-state index contributed by atoms with van der Waals surface area (Å²) in [6.07, 6.45) is -4.83. The number of hydrazone groups is 1. The van der Waals surface area contributed by atoms with Crippen LogP contribution in [0.3, 0.4) is 0 Å². The van der Waals surface area contributed by atoms with Crippen LogP contribution in [-0.4, -0.2) is 27.9 Å². The van der Waals surface area contributed by atoms with E-state index in [0.717, 1.165) is 17.5 Å². The van der Waals surface area contributed by atoms with E-state index in [4.69, 9.17) is 0 Å². The second-order valence-electron chi connectivity index (χ2n) is 8.53. The molecule has 1 aliphatic rings. The highest BCUT2D eigenvalue weighted by Gasteiger charge is 2.53. The van der Waals surface area contributed by atoms with Gasteiger partial charge in [0.05, 0.1) is 6.42 Å². The molecule has 0 aromatic heterocycles. The fourth-order valence-corrected chi connectivity index (χ4v) is 3.38. The zero-order valence-corrected chi connectivity index (χ0v) is 17.4. The van der Waals surface area contributed by atoms with Gasteiger partial charge in [0, 0.05) is 11.1 Å².